The first-order valence-corrected chi connectivity index (χ1v) is 11.2. The maximum absolute atomic E-state index is 12.6. The Morgan fingerprint density at radius 2 is 1.57 bits per heavy atom. The lowest BCUT2D eigenvalue weighted by Gasteiger charge is -2.33. The summed E-state index contributed by atoms with van der Waals surface area (Å²) in [5, 5.41) is 0. The molecule has 0 aliphatic carbocycles. The van der Waals surface area contributed by atoms with Gasteiger partial charge in [-0.1, -0.05) is 30.3 Å². The third-order valence-electron chi connectivity index (χ3n) is 4.93. The Balaban J connectivity index is 1.58. The fourth-order valence-electron chi connectivity index (χ4n) is 3.26. The zero-order valence-electron chi connectivity index (χ0n) is 17.2. The van der Waals surface area contributed by atoms with E-state index in [1.54, 1.807) is 55.5 Å². The van der Waals surface area contributed by atoms with Gasteiger partial charge in [-0.05, 0) is 29.3 Å². The smallest absolute Gasteiger partial charge is 0.246 e. The van der Waals surface area contributed by atoms with Crippen LogP contribution in [0.2, 0.25) is 0 Å². The fourth-order valence-corrected chi connectivity index (χ4v) is 4.78. The van der Waals surface area contributed by atoms with Gasteiger partial charge in [0.05, 0.1) is 20.0 Å². The van der Waals surface area contributed by atoms with Crippen LogP contribution in [0.3, 0.4) is 0 Å². The van der Waals surface area contributed by atoms with Crippen molar-refractivity contribution in [2.75, 3.05) is 40.4 Å². The summed E-state index contributed by atoms with van der Waals surface area (Å²) in [5.74, 6) is 1.09. The topological polar surface area (TPSA) is 76.2 Å². The van der Waals surface area contributed by atoms with Crippen molar-refractivity contribution in [1.29, 1.82) is 0 Å². The van der Waals surface area contributed by atoms with E-state index in [0.717, 1.165) is 11.1 Å². The number of amides is 1. The first kappa shape index (κ1) is 21.9. The lowest BCUT2D eigenvalue weighted by Crippen LogP contribution is -2.50. The molecule has 3 rings (SSSR count). The van der Waals surface area contributed by atoms with Gasteiger partial charge in [-0.15, -0.1) is 0 Å². The zero-order chi connectivity index (χ0) is 21.6. The van der Waals surface area contributed by atoms with Crippen molar-refractivity contribution in [3.05, 3.63) is 65.7 Å². The summed E-state index contributed by atoms with van der Waals surface area (Å²) in [6, 6.07) is 14.5. The van der Waals surface area contributed by atoms with Gasteiger partial charge in [0.1, 0.15) is 11.5 Å². The van der Waals surface area contributed by atoms with Crippen molar-refractivity contribution in [3.63, 3.8) is 0 Å². The maximum Gasteiger partial charge on any atom is 0.246 e. The van der Waals surface area contributed by atoms with Crippen molar-refractivity contribution < 1.29 is 22.7 Å². The van der Waals surface area contributed by atoms with Crippen LogP contribution in [-0.2, 0) is 20.6 Å². The molecule has 2 aromatic carbocycles. The Labute approximate surface area is 177 Å². The molecule has 0 aromatic heterocycles. The molecule has 0 radical (unpaired) electrons. The second kappa shape index (κ2) is 9.77. The number of rotatable bonds is 7. The predicted molar refractivity (Wildman–Crippen MR) is 116 cm³/mol. The van der Waals surface area contributed by atoms with Crippen LogP contribution in [0.15, 0.2) is 54.6 Å². The summed E-state index contributed by atoms with van der Waals surface area (Å²) >= 11 is 0. The largest absolute Gasteiger partial charge is 0.497 e. The third-order valence-corrected chi connectivity index (χ3v) is 6.78. The minimum atomic E-state index is -3.41. The first-order valence-electron chi connectivity index (χ1n) is 9.63. The van der Waals surface area contributed by atoms with E-state index in [1.165, 1.54) is 10.4 Å². The van der Waals surface area contributed by atoms with Gasteiger partial charge in [-0.3, -0.25) is 4.79 Å². The minimum Gasteiger partial charge on any atom is -0.497 e. The maximum atomic E-state index is 12.6. The highest BCUT2D eigenvalue weighted by Gasteiger charge is 2.28. The van der Waals surface area contributed by atoms with E-state index < -0.39 is 10.0 Å². The van der Waals surface area contributed by atoms with Gasteiger partial charge in [-0.25, -0.2) is 8.42 Å². The van der Waals surface area contributed by atoms with Gasteiger partial charge in [-0.2, -0.15) is 4.31 Å². The molecule has 1 aliphatic rings. The molecule has 7 nitrogen and oxygen atoms in total. The Morgan fingerprint density at radius 3 is 2.13 bits per heavy atom. The number of carbonyl (C=O) groups is 1. The number of piperazine rings is 1. The highest BCUT2D eigenvalue weighted by atomic mass is 32.2. The molecule has 1 heterocycles. The van der Waals surface area contributed by atoms with Crippen molar-refractivity contribution >= 4 is 22.0 Å². The molecular formula is C22H26N2O5S. The molecule has 0 spiro atoms. The van der Waals surface area contributed by atoms with Crippen molar-refractivity contribution in [2.24, 2.45) is 0 Å². The molecule has 0 N–H and O–H groups in total. The Kier molecular flexibility index (Phi) is 7.12. The number of methoxy groups -OCH3 is 2. The quantitative estimate of drug-likeness (QED) is 0.631. The molecule has 1 aliphatic heterocycles. The zero-order valence-corrected chi connectivity index (χ0v) is 18.0. The van der Waals surface area contributed by atoms with E-state index in [0.29, 0.717) is 37.7 Å². The third kappa shape index (κ3) is 5.61. The van der Waals surface area contributed by atoms with E-state index in [2.05, 4.69) is 0 Å². The van der Waals surface area contributed by atoms with Gasteiger partial charge >= 0.3 is 0 Å². The molecule has 2 aromatic rings. The van der Waals surface area contributed by atoms with Gasteiger partial charge < -0.3 is 14.4 Å². The molecule has 0 saturated carbocycles. The summed E-state index contributed by atoms with van der Waals surface area (Å²) in [7, 11) is -0.270. The van der Waals surface area contributed by atoms with Gasteiger partial charge in [0.15, 0.2) is 0 Å². The van der Waals surface area contributed by atoms with Crippen LogP contribution >= 0.6 is 0 Å². The molecule has 1 amide bonds. The van der Waals surface area contributed by atoms with Crippen LogP contribution in [0.5, 0.6) is 11.5 Å². The van der Waals surface area contributed by atoms with E-state index >= 15 is 0 Å². The van der Waals surface area contributed by atoms with Crippen LogP contribution in [0.1, 0.15) is 11.1 Å². The Bertz CT molecular complexity index is 975. The van der Waals surface area contributed by atoms with Crippen molar-refractivity contribution in [1.82, 2.24) is 9.21 Å². The number of sulfonamides is 1. The molecule has 160 valence electrons. The number of benzene rings is 2. The SMILES string of the molecule is COc1cc(C=CC(=O)N2CCN(S(=O)(=O)Cc3ccccc3)CC2)cc(OC)c1. The number of nitrogens with zero attached hydrogens (tertiary/aromatic N) is 2. The number of hydrogen-bond donors (Lipinski definition) is 0. The first-order chi connectivity index (χ1) is 14.4. The molecule has 0 unspecified atom stereocenters. The van der Waals surface area contributed by atoms with E-state index in [-0.39, 0.29) is 11.7 Å². The number of hydrogen-bond acceptors (Lipinski definition) is 5. The number of carbonyl (C=O) groups excluding carboxylic acids is 1. The van der Waals surface area contributed by atoms with Gasteiger partial charge in [0.25, 0.3) is 0 Å². The second-order valence-corrected chi connectivity index (χ2v) is 8.91. The molecule has 0 atom stereocenters. The Hall–Kier alpha value is -2.84. The average molecular weight is 431 g/mol. The normalized spacial score (nSPS) is 15.3. The fraction of sp³-hybridized carbons (Fsp3) is 0.318. The minimum absolute atomic E-state index is 0.0284. The van der Waals surface area contributed by atoms with Crippen molar-refractivity contribution in [3.8, 4) is 11.5 Å². The average Bonchev–Trinajstić information content (AvgIpc) is 2.77. The van der Waals surface area contributed by atoms with Crippen LogP contribution in [0.25, 0.3) is 6.08 Å². The summed E-state index contributed by atoms with van der Waals surface area (Å²) in [5.41, 5.74) is 1.54. The number of ether oxygens (including phenoxy) is 2. The molecular weight excluding hydrogens is 404 g/mol. The summed E-state index contributed by atoms with van der Waals surface area (Å²) < 4.78 is 37.2. The van der Waals surface area contributed by atoms with Crippen LogP contribution in [0, 0.1) is 0 Å². The highest BCUT2D eigenvalue weighted by molar-refractivity contribution is 7.88. The molecule has 1 fully saturated rings. The van der Waals surface area contributed by atoms with Gasteiger partial charge in [0, 0.05) is 38.3 Å². The summed E-state index contributed by atoms with van der Waals surface area (Å²) in [6.45, 7) is 1.31. The van der Waals surface area contributed by atoms with Crippen LogP contribution < -0.4 is 9.47 Å². The summed E-state index contributed by atoms with van der Waals surface area (Å²) in [6.07, 6.45) is 3.19. The van der Waals surface area contributed by atoms with Crippen LogP contribution in [0.4, 0.5) is 0 Å². The molecule has 30 heavy (non-hydrogen) atoms. The molecule has 1 saturated heterocycles. The summed E-state index contributed by atoms with van der Waals surface area (Å²) in [4.78, 5) is 14.2. The highest BCUT2D eigenvalue weighted by Crippen LogP contribution is 2.23. The standard InChI is InChI=1S/C22H26N2O5S/c1-28-20-14-19(15-21(16-20)29-2)8-9-22(25)23-10-12-24(13-11-23)30(26,27)17-18-6-4-3-5-7-18/h3-9,14-16H,10-13,17H2,1-2H3. The predicted octanol–water partition coefficient (Wildman–Crippen LogP) is 2.39. The lowest BCUT2D eigenvalue weighted by atomic mass is 10.2. The van der Waals surface area contributed by atoms with Gasteiger partial charge in [0.2, 0.25) is 15.9 Å². The monoisotopic (exact) mass is 430 g/mol. The van der Waals surface area contributed by atoms with Crippen LogP contribution in [-0.4, -0.2) is 63.9 Å². The molecule has 8 heteroatoms. The Morgan fingerprint density at radius 1 is 0.967 bits per heavy atom. The molecule has 0 bridgehead atoms. The lowest BCUT2D eigenvalue weighted by molar-refractivity contribution is -0.127. The van der Waals surface area contributed by atoms with E-state index in [1.807, 2.05) is 18.2 Å². The van der Waals surface area contributed by atoms with E-state index in [9.17, 15) is 13.2 Å². The van der Waals surface area contributed by atoms with Crippen molar-refractivity contribution in [2.45, 2.75) is 5.75 Å². The van der Waals surface area contributed by atoms with E-state index in [4.69, 9.17) is 9.47 Å². The second-order valence-electron chi connectivity index (χ2n) is 6.95.